The van der Waals surface area contributed by atoms with Crippen molar-refractivity contribution in [3.05, 3.63) is 59.9 Å². The molecule has 5 rings (SSSR count). The van der Waals surface area contributed by atoms with Crippen molar-refractivity contribution < 1.29 is 32.7 Å². The van der Waals surface area contributed by atoms with Crippen molar-refractivity contribution in [3.8, 4) is 0 Å². The zero-order chi connectivity index (χ0) is 28.2. The lowest BCUT2D eigenvalue weighted by Gasteiger charge is -2.52. The number of piperazine rings is 1. The smallest absolute Gasteiger partial charge is 0.475 e. The van der Waals surface area contributed by atoms with Crippen LogP contribution in [0.3, 0.4) is 0 Å². The third-order valence-corrected chi connectivity index (χ3v) is 7.61. The Morgan fingerprint density at radius 2 is 1.67 bits per heavy atom. The summed E-state index contributed by atoms with van der Waals surface area (Å²) in [6.45, 7) is 5.49. The molecule has 2 aromatic rings. The van der Waals surface area contributed by atoms with Gasteiger partial charge >= 0.3 is 12.1 Å². The molecular formula is C28H33F3N4O4. The van der Waals surface area contributed by atoms with Crippen LogP contribution in [0.1, 0.15) is 43.4 Å². The lowest BCUT2D eigenvalue weighted by molar-refractivity contribution is -0.192. The molecule has 8 nitrogen and oxygen atoms in total. The number of aromatic nitrogens is 1. The van der Waals surface area contributed by atoms with Gasteiger partial charge in [-0.2, -0.15) is 13.2 Å². The van der Waals surface area contributed by atoms with Gasteiger partial charge in [0.25, 0.3) is 0 Å². The highest BCUT2D eigenvalue weighted by Gasteiger charge is 2.51. The van der Waals surface area contributed by atoms with Crippen molar-refractivity contribution in [1.82, 2.24) is 14.8 Å². The summed E-state index contributed by atoms with van der Waals surface area (Å²) < 4.78 is 31.7. The van der Waals surface area contributed by atoms with Crippen LogP contribution in [0.4, 0.5) is 18.9 Å². The van der Waals surface area contributed by atoms with E-state index in [-0.39, 0.29) is 11.8 Å². The number of nitrogens with zero attached hydrogens (tertiary/aromatic N) is 4. The van der Waals surface area contributed by atoms with E-state index >= 15 is 0 Å². The number of halogens is 3. The average molecular weight is 547 g/mol. The number of carboxylic acid groups (broad SMARTS) is 1. The van der Waals surface area contributed by atoms with Crippen molar-refractivity contribution in [2.24, 2.45) is 5.92 Å². The molecule has 3 heterocycles. The van der Waals surface area contributed by atoms with E-state index in [1.54, 1.807) is 0 Å². The number of rotatable bonds is 5. The highest BCUT2D eigenvalue weighted by molar-refractivity contribution is 6.01. The van der Waals surface area contributed by atoms with Crippen molar-refractivity contribution in [1.29, 1.82) is 0 Å². The molecule has 3 aliphatic rings. The van der Waals surface area contributed by atoms with Gasteiger partial charge in [0.2, 0.25) is 11.8 Å². The van der Waals surface area contributed by atoms with E-state index in [9.17, 15) is 22.8 Å². The van der Waals surface area contributed by atoms with Gasteiger partial charge in [0, 0.05) is 44.8 Å². The summed E-state index contributed by atoms with van der Waals surface area (Å²) in [4.78, 5) is 46.3. The number of alkyl halides is 3. The Balaban J connectivity index is 0.000000448. The quantitative estimate of drug-likeness (QED) is 0.609. The second-order valence-corrected chi connectivity index (χ2v) is 10.4. The molecular weight excluding hydrogens is 513 g/mol. The third kappa shape index (κ3) is 6.95. The van der Waals surface area contributed by atoms with Gasteiger partial charge in [-0.3, -0.25) is 19.5 Å². The molecule has 2 saturated heterocycles. The maximum atomic E-state index is 14.0. The van der Waals surface area contributed by atoms with Crippen molar-refractivity contribution in [2.75, 3.05) is 31.1 Å². The monoisotopic (exact) mass is 546 g/mol. The number of carbonyl (C=O) groups excluding carboxylic acids is 2. The van der Waals surface area contributed by atoms with E-state index in [0.29, 0.717) is 44.8 Å². The molecule has 210 valence electrons. The fourth-order valence-corrected chi connectivity index (χ4v) is 5.18. The van der Waals surface area contributed by atoms with Gasteiger partial charge in [0.15, 0.2) is 0 Å². The average Bonchev–Trinajstić information content (AvgIpc) is 3.73. The molecule has 0 radical (unpaired) electrons. The van der Waals surface area contributed by atoms with E-state index in [1.807, 2.05) is 41.1 Å². The maximum absolute atomic E-state index is 14.0. The third-order valence-electron chi connectivity index (χ3n) is 7.61. The maximum Gasteiger partial charge on any atom is 0.490 e. The van der Waals surface area contributed by atoms with Crippen LogP contribution in [0.5, 0.6) is 0 Å². The van der Waals surface area contributed by atoms with E-state index in [2.05, 4.69) is 34.1 Å². The predicted molar refractivity (Wildman–Crippen MR) is 138 cm³/mol. The van der Waals surface area contributed by atoms with Crippen LogP contribution in [0.2, 0.25) is 0 Å². The number of likely N-dealkylation sites (tertiary alicyclic amines) is 1. The van der Waals surface area contributed by atoms with E-state index in [1.165, 1.54) is 18.4 Å². The minimum Gasteiger partial charge on any atom is -0.475 e. The lowest BCUT2D eigenvalue weighted by atomic mass is 9.81. The number of anilines is 1. The number of hydrogen-bond acceptors (Lipinski definition) is 5. The molecule has 1 spiro atoms. The molecule has 0 unspecified atom stereocenters. The Bertz CT molecular complexity index is 1160. The fourth-order valence-electron chi connectivity index (χ4n) is 5.18. The predicted octanol–water partition coefficient (Wildman–Crippen LogP) is 4.03. The van der Waals surface area contributed by atoms with Gasteiger partial charge < -0.3 is 14.9 Å². The summed E-state index contributed by atoms with van der Waals surface area (Å²) >= 11 is 0. The molecule has 2 aliphatic heterocycles. The van der Waals surface area contributed by atoms with Crippen LogP contribution >= 0.6 is 0 Å². The number of carboxylic acids is 1. The van der Waals surface area contributed by atoms with Gasteiger partial charge in [-0.05, 0) is 56.2 Å². The van der Waals surface area contributed by atoms with E-state index in [0.717, 1.165) is 24.5 Å². The number of carbonyl (C=O) groups is 3. The molecule has 1 aromatic carbocycles. The fraction of sp³-hybridized carbons (Fsp3) is 0.500. The molecule has 0 atom stereocenters. The Labute approximate surface area is 225 Å². The second kappa shape index (κ2) is 11.7. The van der Waals surface area contributed by atoms with E-state index < -0.39 is 17.7 Å². The largest absolute Gasteiger partial charge is 0.490 e. The summed E-state index contributed by atoms with van der Waals surface area (Å²) in [6, 6.07) is 14.3. The first-order valence-corrected chi connectivity index (χ1v) is 13.1. The summed E-state index contributed by atoms with van der Waals surface area (Å²) in [5.41, 5.74) is 2.46. The van der Waals surface area contributed by atoms with Gasteiger partial charge in [-0.1, -0.05) is 30.3 Å². The van der Waals surface area contributed by atoms with Crippen molar-refractivity contribution in [2.45, 2.75) is 57.3 Å². The van der Waals surface area contributed by atoms with Crippen LogP contribution in [-0.2, 0) is 20.9 Å². The van der Waals surface area contributed by atoms with Gasteiger partial charge in [0.1, 0.15) is 5.54 Å². The Morgan fingerprint density at radius 1 is 1.03 bits per heavy atom. The number of pyridine rings is 1. The number of hydrogen-bond donors (Lipinski definition) is 1. The zero-order valence-electron chi connectivity index (χ0n) is 21.9. The van der Waals surface area contributed by atoms with Crippen molar-refractivity contribution >= 4 is 23.5 Å². The molecule has 1 aromatic heterocycles. The first-order valence-electron chi connectivity index (χ1n) is 13.1. The van der Waals surface area contributed by atoms with E-state index in [4.69, 9.17) is 9.90 Å². The van der Waals surface area contributed by atoms with Gasteiger partial charge in [-0.25, -0.2) is 4.79 Å². The first kappa shape index (κ1) is 28.5. The molecule has 3 fully saturated rings. The highest BCUT2D eigenvalue weighted by atomic mass is 19.4. The Morgan fingerprint density at radius 3 is 2.21 bits per heavy atom. The van der Waals surface area contributed by atoms with Crippen LogP contribution in [-0.4, -0.2) is 75.6 Å². The number of aliphatic carboxylic acids is 1. The molecule has 39 heavy (non-hydrogen) atoms. The zero-order valence-corrected chi connectivity index (χ0v) is 21.9. The molecule has 11 heteroatoms. The topological polar surface area (TPSA) is 94.0 Å². The van der Waals surface area contributed by atoms with Gasteiger partial charge in [-0.15, -0.1) is 0 Å². The number of piperidine rings is 1. The molecule has 2 amide bonds. The molecule has 1 aliphatic carbocycles. The number of aryl methyl sites for hydroxylation is 1. The Hall–Kier alpha value is -3.47. The van der Waals surface area contributed by atoms with Crippen LogP contribution in [0.25, 0.3) is 0 Å². The SMILES string of the molecule is Cc1ccc(N2CCN(Cc3ccccc3)C3(CCN(C(=O)CC4CC4)CC3)C2=O)cn1.O=C(O)C(F)(F)F. The van der Waals surface area contributed by atoms with Gasteiger partial charge in [0.05, 0.1) is 11.9 Å². The summed E-state index contributed by atoms with van der Waals surface area (Å²) in [5.74, 6) is -1.75. The van der Waals surface area contributed by atoms with Crippen LogP contribution in [0.15, 0.2) is 48.7 Å². The second-order valence-electron chi connectivity index (χ2n) is 10.4. The minimum atomic E-state index is -5.08. The summed E-state index contributed by atoms with van der Waals surface area (Å²) in [7, 11) is 0. The summed E-state index contributed by atoms with van der Waals surface area (Å²) in [6.07, 6.45) is 1.15. The normalized spacial score (nSPS) is 19.4. The first-order chi connectivity index (χ1) is 18.5. The standard InChI is InChI=1S/C26H32N4O2.C2HF3O2/c1-20-7-10-23(18-27-20)30-16-15-29(19-22-5-3-2-4-6-22)26(25(30)32)11-13-28(14-12-26)24(31)17-21-8-9-21;3-2(4,5)1(6)7/h2-7,10,18,21H,8-9,11-17,19H2,1H3;(H,6,7). The number of benzene rings is 1. The molecule has 0 bridgehead atoms. The molecule has 1 saturated carbocycles. The minimum absolute atomic E-state index is 0.152. The van der Waals surface area contributed by atoms with Crippen molar-refractivity contribution in [3.63, 3.8) is 0 Å². The lowest BCUT2D eigenvalue weighted by Crippen LogP contribution is -2.69. The summed E-state index contributed by atoms with van der Waals surface area (Å²) in [5, 5.41) is 7.12. The van der Waals surface area contributed by atoms with Crippen LogP contribution < -0.4 is 4.90 Å². The Kier molecular flexibility index (Phi) is 8.58. The molecule has 1 N–H and O–H groups in total. The van der Waals surface area contributed by atoms with Crippen LogP contribution in [0, 0.1) is 12.8 Å². The highest BCUT2D eigenvalue weighted by Crippen LogP contribution is 2.38. The number of amides is 2.